The SMILES string of the molecule is CCC(C)(C)C1CCC(CN)C(n2cncn2)C1. The van der Waals surface area contributed by atoms with Gasteiger partial charge in [-0.1, -0.05) is 27.2 Å². The van der Waals surface area contributed by atoms with Crippen molar-refractivity contribution in [3.8, 4) is 0 Å². The predicted molar refractivity (Wildman–Crippen MR) is 73.0 cm³/mol. The molecule has 3 atom stereocenters. The zero-order valence-electron chi connectivity index (χ0n) is 11.8. The van der Waals surface area contributed by atoms with Crippen LogP contribution in [0.25, 0.3) is 0 Å². The molecule has 18 heavy (non-hydrogen) atoms. The quantitative estimate of drug-likeness (QED) is 0.893. The van der Waals surface area contributed by atoms with Crippen molar-refractivity contribution < 1.29 is 0 Å². The molecule has 0 radical (unpaired) electrons. The molecule has 0 spiro atoms. The highest BCUT2D eigenvalue weighted by Gasteiger charge is 2.37. The van der Waals surface area contributed by atoms with E-state index in [0.717, 1.165) is 12.5 Å². The van der Waals surface area contributed by atoms with Crippen LogP contribution in [0, 0.1) is 17.3 Å². The zero-order valence-corrected chi connectivity index (χ0v) is 11.8. The van der Waals surface area contributed by atoms with Crippen molar-refractivity contribution >= 4 is 0 Å². The molecular formula is C14H26N4. The molecule has 1 aliphatic carbocycles. The van der Waals surface area contributed by atoms with Crippen LogP contribution in [-0.2, 0) is 0 Å². The Morgan fingerprint density at radius 2 is 2.17 bits per heavy atom. The third-order valence-corrected chi connectivity index (χ3v) is 5.05. The van der Waals surface area contributed by atoms with E-state index in [1.54, 1.807) is 6.33 Å². The summed E-state index contributed by atoms with van der Waals surface area (Å²) in [5.74, 6) is 1.31. The summed E-state index contributed by atoms with van der Waals surface area (Å²) < 4.78 is 2.02. The fourth-order valence-corrected chi connectivity index (χ4v) is 3.20. The summed E-state index contributed by atoms with van der Waals surface area (Å²) in [5.41, 5.74) is 6.34. The third kappa shape index (κ3) is 2.58. The Kier molecular flexibility index (Phi) is 4.05. The molecule has 4 heteroatoms. The minimum absolute atomic E-state index is 0.415. The standard InChI is InChI=1S/C14H26N4/c1-4-14(2,3)12-6-5-11(8-15)13(7-12)18-10-16-9-17-18/h9-13H,4-8,15H2,1-3H3. The number of rotatable bonds is 4. The van der Waals surface area contributed by atoms with Gasteiger partial charge in [-0.3, -0.25) is 0 Å². The molecule has 0 amide bonds. The fourth-order valence-electron chi connectivity index (χ4n) is 3.20. The molecule has 1 aromatic rings. The summed E-state index contributed by atoms with van der Waals surface area (Å²) in [4.78, 5) is 4.08. The average molecular weight is 250 g/mol. The highest BCUT2D eigenvalue weighted by molar-refractivity contribution is 4.89. The van der Waals surface area contributed by atoms with Crippen molar-refractivity contribution in [2.45, 2.75) is 52.5 Å². The Hall–Kier alpha value is -0.900. The van der Waals surface area contributed by atoms with Crippen molar-refractivity contribution in [2.24, 2.45) is 23.0 Å². The number of nitrogens with zero attached hydrogens (tertiary/aromatic N) is 3. The van der Waals surface area contributed by atoms with Crippen LogP contribution >= 0.6 is 0 Å². The third-order valence-electron chi connectivity index (χ3n) is 5.05. The fraction of sp³-hybridized carbons (Fsp3) is 0.857. The largest absolute Gasteiger partial charge is 0.330 e. The van der Waals surface area contributed by atoms with Gasteiger partial charge in [-0.15, -0.1) is 0 Å². The zero-order chi connectivity index (χ0) is 13.2. The van der Waals surface area contributed by atoms with Crippen LogP contribution in [-0.4, -0.2) is 21.3 Å². The van der Waals surface area contributed by atoms with E-state index in [0.29, 0.717) is 17.4 Å². The summed E-state index contributed by atoms with van der Waals surface area (Å²) in [6, 6.07) is 0.432. The monoisotopic (exact) mass is 250 g/mol. The van der Waals surface area contributed by atoms with Gasteiger partial charge in [-0.2, -0.15) is 5.10 Å². The maximum Gasteiger partial charge on any atom is 0.137 e. The molecule has 4 nitrogen and oxygen atoms in total. The first kappa shape index (κ1) is 13.5. The number of hydrogen-bond acceptors (Lipinski definition) is 3. The van der Waals surface area contributed by atoms with E-state index in [2.05, 4.69) is 30.9 Å². The van der Waals surface area contributed by atoms with Gasteiger partial charge in [0.1, 0.15) is 12.7 Å². The van der Waals surface area contributed by atoms with Crippen molar-refractivity contribution in [1.82, 2.24) is 14.8 Å². The van der Waals surface area contributed by atoms with Gasteiger partial charge in [0.05, 0.1) is 6.04 Å². The van der Waals surface area contributed by atoms with Crippen LogP contribution in [0.4, 0.5) is 0 Å². The highest BCUT2D eigenvalue weighted by atomic mass is 15.3. The van der Waals surface area contributed by atoms with Gasteiger partial charge in [0, 0.05) is 0 Å². The lowest BCUT2D eigenvalue weighted by atomic mass is 9.66. The Labute approximate surface area is 110 Å². The average Bonchev–Trinajstić information content (AvgIpc) is 2.91. The van der Waals surface area contributed by atoms with Crippen molar-refractivity contribution in [3.05, 3.63) is 12.7 Å². The molecule has 1 aliphatic rings. The summed E-state index contributed by atoms with van der Waals surface area (Å²) >= 11 is 0. The molecule has 0 aromatic carbocycles. The second-order valence-electron chi connectivity index (χ2n) is 6.29. The van der Waals surface area contributed by atoms with Crippen LogP contribution in [0.5, 0.6) is 0 Å². The molecule has 1 heterocycles. The smallest absolute Gasteiger partial charge is 0.137 e. The van der Waals surface area contributed by atoms with E-state index in [9.17, 15) is 0 Å². The number of nitrogens with two attached hydrogens (primary N) is 1. The predicted octanol–water partition coefficient (Wildman–Crippen LogP) is 2.63. The summed E-state index contributed by atoms with van der Waals surface area (Å²) in [7, 11) is 0. The van der Waals surface area contributed by atoms with Gasteiger partial charge >= 0.3 is 0 Å². The lowest BCUT2D eigenvalue weighted by Gasteiger charge is -2.42. The minimum Gasteiger partial charge on any atom is -0.330 e. The lowest BCUT2D eigenvalue weighted by Crippen LogP contribution is -2.37. The first-order chi connectivity index (χ1) is 8.58. The Bertz CT molecular complexity index is 358. The van der Waals surface area contributed by atoms with E-state index in [-0.39, 0.29) is 0 Å². The van der Waals surface area contributed by atoms with Gasteiger partial charge in [0.15, 0.2) is 0 Å². The van der Waals surface area contributed by atoms with Crippen molar-refractivity contribution in [1.29, 1.82) is 0 Å². The van der Waals surface area contributed by atoms with Crippen LogP contribution in [0.15, 0.2) is 12.7 Å². The van der Waals surface area contributed by atoms with Gasteiger partial charge in [0.2, 0.25) is 0 Å². The molecule has 0 aliphatic heterocycles. The van der Waals surface area contributed by atoms with Gasteiger partial charge in [0.25, 0.3) is 0 Å². The second kappa shape index (κ2) is 5.39. The molecule has 0 saturated heterocycles. The number of aromatic nitrogens is 3. The van der Waals surface area contributed by atoms with Crippen molar-refractivity contribution in [3.63, 3.8) is 0 Å². The molecular weight excluding hydrogens is 224 g/mol. The molecule has 3 unspecified atom stereocenters. The molecule has 1 fully saturated rings. The molecule has 1 aromatic heterocycles. The first-order valence-electron chi connectivity index (χ1n) is 7.12. The maximum absolute atomic E-state index is 5.93. The van der Waals surface area contributed by atoms with Crippen LogP contribution in [0.3, 0.4) is 0 Å². The van der Waals surface area contributed by atoms with Gasteiger partial charge < -0.3 is 5.73 Å². The molecule has 102 valence electrons. The summed E-state index contributed by atoms with van der Waals surface area (Å²) in [5, 5.41) is 4.33. The maximum atomic E-state index is 5.93. The topological polar surface area (TPSA) is 56.7 Å². The van der Waals surface area contributed by atoms with E-state index < -0.39 is 0 Å². The van der Waals surface area contributed by atoms with E-state index in [1.807, 2.05) is 11.0 Å². The van der Waals surface area contributed by atoms with E-state index in [1.165, 1.54) is 25.7 Å². The van der Waals surface area contributed by atoms with E-state index in [4.69, 9.17) is 5.73 Å². The molecule has 0 bridgehead atoms. The highest BCUT2D eigenvalue weighted by Crippen LogP contribution is 2.45. The summed E-state index contributed by atoms with van der Waals surface area (Å²) in [6.45, 7) is 7.82. The Balaban J connectivity index is 2.15. The van der Waals surface area contributed by atoms with Crippen LogP contribution in [0.2, 0.25) is 0 Å². The summed E-state index contributed by atoms with van der Waals surface area (Å²) in [6.07, 6.45) is 8.40. The van der Waals surface area contributed by atoms with Crippen LogP contribution < -0.4 is 5.73 Å². The Morgan fingerprint density at radius 1 is 1.39 bits per heavy atom. The first-order valence-corrected chi connectivity index (χ1v) is 7.12. The Morgan fingerprint density at radius 3 is 2.72 bits per heavy atom. The van der Waals surface area contributed by atoms with Crippen LogP contribution in [0.1, 0.15) is 52.5 Å². The number of hydrogen-bond donors (Lipinski definition) is 1. The van der Waals surface area contributed by atoms with Crippen molar-refractivity contribution in [2.75, 3.05) is 6.54 Å². The minimum atomic E-state index is 0.415. The molecule has 2 rings (SSSR count). The van der Waals surface area contributed by atoms with E-state index >= 15 is 0 Å². The van der Waals surface area contributed by atoms with Gasteiger partial charge in [-0.25, -0.2) is 9.67 Å². The normalized spacial score (nSPS) is 29.4. The van der Waals surface area contributed by atoms with Gasteiger partial charge in [-0.05, 0) is 43.1 Å². The molecule has 1 saturated carbocycles. The second-order valence-corrected chi connectivity index (χ2v) is 6.29. The lowest BCUT2D eigenvalue weighted by molar-refractivity contribution is 0.0849. The molecule has 2 N–H and O–H groups in total.